The van der Waals surface area contributed by atoms with Crippen LogP contribution in [0.5, 0.6) is 0 Å². The number of nitrogens with two attached hydrogens (primary N) is 1. The van der Waals surface area contributed by atoms with E-state index in [0.29, 0.717) is 5.88 Å². The van der Waals surface area contributed by atoms with E-state index in [2.05, 4.69) is 10.3 Å². The molecule has 0 aromatic carbocycles. The highest BCUT2D eigenvalue weighted by Crippen LogP contribution is 2.38. The smallest absolute Gasteiger partial charge is 0.0654 e. The third-order valence-corrected chi connectivity index (χ3v) is 3.37. The van der Waals surface area contributed by atoms with Crippen molar-refractivity contribution >= 4 is 42.1 Å². The van der Waals surface area contributed by atoms with Crippen LogP contribution >= 0.6 is 36.4 Å². The summed E-state index contributed by atoms with van der Waals surface area (Å²) < 4.78 is 0. The highest BCUT2D eigenvalue weighted by molar-refractivity contribution is 6.16. The van der Waals surface area contributed by atoms with Crippen molar-refractivity contribution in [1.29, 1.82) is 0 Å². The van der Waals surface area contributed by atoms with Gasteiger partial charge in [0.25, 0.3) is 0 Å². The molecule has 0 bridgehead atoms. The predicted molar refractivity (Wildman–Crippen MR) is 77.4 cm³/mol. The van der Waals surface area contributed by atoms with Gasteiger partial charge in [-0.3, -0.25) is 4.98 Å². The molecule has 0 saturated heterocycles. The molecule has 0 spiro atoms. The number of hydrogen-bond donors (Lipinski definition) is 2. The number of alkyl halides is 1. The number of halogens is 3. The van der Waals surface area contributed by atoms with E-state index in [-0.39, 0.29) is 30.4 Å². The zero-order valence-electron chi connectivity index (χ0n) is 9.70. The molecule has 0 unspecified atom stereocenters. The highest BCUT2D eigenvalue weighted by Gasteiger charge is 2.41. The number of likely N-dealkylation sites (N-methyl/N-ethyl adjacent to an activating group) is 1. The lowest BCUT2D eigenvalue weighted by Crippen LogP contribution is -2.30. The molecule has 1 aromatic heterocycles. The first-order valence-electron chi connectivity index (χ1n) is 5.18. The molecule has 0 aliphatic heterocycles. The number of nitrogens with zero attached hydrogens (tertiary/aromatic N) is 1. The molecular formula is C11H18Cl3N3. The topological polar surface area (TPSA) is 50.9 Å². The fraction of sp³-hybridized carbons (Fsp3) is 0.545. The molecule has 98 valence electrons. The molecule has 6 heteroatoms. The van der Waals surface area contributed by atoms with Gasteiger partial charge < -0.3 is 11.1 Å². The van der Waals surface area contributed by atoms with Gasteiger partial charge in [-0.05, 0) is 32.0 Å². The van der Waals surface area contributed by atoms with Crippen LogP contribution in [0.1, 0.15) is 24.2 Å². The molecule has 0 atom stereocenters. The van der Waals surface area contributed by atoms with Crippen molar-refractivity contribution in [2.75, 3.05) is 12.8 Å². The summed E-state index contributed by atoms with van der Waals surface area (Å²) in [4.78, 5) is 4.47. The molecule has 3 N–H and O–H groups in total. The lowest BCUT2D eigenvalue weighted by molar-refractivity contribution is 0.542. The van der Waals surface area contributed by atoms with Gasteiger partial charge in [-0.25, -0.2) is 0 Å². The van der Waals surface area contributed by atoms with Crippen LogP contribution in [0.15, 0.2) is 12.1 Å². The van der Waals surface area contributed by atoms with E-state index < -0.39 is 0 Å². The fourth-order valence-electron chi connectivity index (χ4n) is 1.76. The Morgan fingerprint density at radius 2 is 2.06 bits per heavy atom. The van der Waals surface area contributed by atoms with Gasteiger partial charge >= 0.3 is 0 Å². The lowest BCUT2D eigenvalue weighted by atomic mass is 10.1. The van der Waals surface area contributed by atoms with Gasteiger partial charge in [-0.15, -0.1) is 36.4 Å². The maximum absolute atomic E-state index is 5.90. The molecular weight excluding hydrogens is 281 g/mol. The summed E-state index contributed by atoms with van der Waals surface area (Å²) in [6.45, 7) is 0. The Morgan fingerprint density at radius 3 is 2.53 bits per heavy atom. The predicted octanol–water partition coefficient (Wildman–Crippen LogP) is 2.54. The van der Waals surface area contributed by atoms with E-state index in [4.69, 9.17) is 17.3 Å². The summed E-state index contributed by atoms with van der Waals surface area (Å²) >= 11 is 5.75. The van der Waals surface area contributed by atoms with Crippen molar-refractivity contribution in [3.63, 3.8) is 0 Å². The summed E-state index contributed by atoms with van der Waals surface area (Å²) in [5.41, 5.74) is 8.78. The first-order chi connectivity index (χ1) is 7.19. The molecule has 1 fully saturated rings. The standard InChI is InChI=1S/C11H16ClN3.2ClH/c1-14-11(4-5-11)6-10-9(13)3-2-8(7-12)15-10;;/h2-3,14H,4-7,13H2,1H3;2*1H. The van der Waals surface area contributed by atoms with Crippen molar-refractivity contribution in [1.82, 2.24) is 10.3 Å². The Bertz CT molecular complexity index is 367. The monoisotopic (exact) mass is 297 g/mol. The van der Waals surface area contributed by atoms with Crippen LogP contribution in [0.3, 0.4) is 0 Å². The zero-order chi connectivity index (χ0) is 10.9. The number of nitrogens with one attached hydrogen (secondary N) is 1. The Kier molecular flexibility index (Phi) is 6.56. The summed E-state index contributed by atoms with van der Waals surface area (Å²) in [6.07, 6.45) is 3.31. The molecule has 2 rings (SSSR count). The van der Waals surface area contributed by atoms with Gasteiger partial charge in [-0.1, -0.05) is 0 Å². The number of nitrogen functional groups attached to an aromatic ring is 1. The number of hydrogen-bond acceptors (Lipinski definition) is 3. The molecule has 1 aromatic rings. The van der Waals surface area contributed by atoms with Crippen LogP contribution in [0.25, 0.3) is 0 Å². The Hall–Kier alpha value is -0.220. The number of rotatable bonds is 4. The number of pyridine rings is 1. The maximum atomic E-state index is 5.90. The second kappa shape index (κ2) is 6.64. The minimum absolute atomic E-state index is 0. The molecule has 1 aliphatic rings. The van der Waals surface area contributed by atoms with E-state index in [0.717, 1.165) is 23.5 Å². The van der Waals surface area contributed by atoms with Crippen LogP contribution in [-0.2, 0) is 12.3 Å². The Morgan fingerprint density at radius 1 is 1.41 bits per heavy atom. The molecule has 17 heavy (non-hydrogen) atoms. The summed E-state index contributed by atoms with van der Waals surface area (Å²) in [6, 6.07) is 3.77. The molecule has 1 saturated carbocycles. The number of aromatic nitrogens is 1. The first kappa shape index (κ1) is 16.8. The normalized spacial score (nSPS) is 15.6. The molecule has 1 aliphatic carbocycles. The largest absolute Gasteiger partial charge is 0.397 e. The summed E-state index contributed by atoms with van der Waals surface area (Å²) in [5, 5.41) is 3.34. The van der Waals surface area contributed by atoms with Crippen LogP contribution in [-0.4, -0.2) is 17.6 Å². The SMILES string of the molecule is CNC1(Cc2nc(CCl)ccc2N)CC1.Cl.Cl. The van der Waals surface area contributed by atoms with Crippen molar-refractivity contribution in [2.45, 2.75) is 30.7 Å². The Balaban J connectivity index is 0.00000128. The van der Waals surface area contributed by atoms with Gasteiger partial charge in [-0.2, -0.15) is 0 Å². The highest BCUT2D eigenvalue weighted by atomic mass is 35.5. The average Bonchev–Trinajstić information content (AvgIpc) is 3.02. The summed E-state index contributed by atoms with van der Waals surface area (Å²) in [5.74, 6) is 0.444. The van der Waals surface area contributed by atoms with E-state index >= 15 is 0 Å². The third kappa shape index (κ3) is 3.88. The summed E-state index contributed by atoms with van der Waals surface area (Å²) in [7, 11) is 1.99. The Labute approximate surface area is 119 Å². The van der Waals surface area contributed by atoms with Crippen LogP contribution in [0.2, 0.25) is 0 Å². The number of anilines is 1. The first-order valence-corrected chi connectivity index (χ1v) is 5.72. The van der Waals surface area contributed by atoms with E-state index in [9.17, 15) is 0 Å². The maximum Gasteiger partial charge on any atom is 0.0654 e. The molecule has 1 heterocycles. The van der Waals surface area contributed by atoms with Gasteiger partial charge in [0.15, 0.2) is 0 Å². The van der Waals surface area contributed by atoms with Crippen molar-refractivity contribution in [2.24, 2.45) is 0 Å². The fourth-order valence-corrected chi connectivity index (χ4v) is 1.91. The molecule has 0 radical (unpaired) electrons. The molecule has 0 amide bonds. The minimum Gasteiger partial charge on any atom is -0.397 e. The van der Waals surface area contributed by atoms with Crippen LogP contribution in [0.4, 0.5) is 5.69 Å². The van der Waals surface area contributed by atoms with Gasteiger partial charge in [0.05, 0.1) is 23.0 Å². The molecule has 3 nitrogen and oxygen atoms in total. The zero-order valence-corrected chi connectivity index (χ0v) is 12.1. The minimum atomic E-state index is 0. The van der Waals surface area contributed by atoms with Crippen molar-refractivity contribution in [3.05, 3.63) is 23.5 Å². The quantitative estimate of drug-likeness (QED) is 0.840. The van der Waals surface area contributed by atoms with E-state index in [1.165, 1.54) is 12.8 Å². The second-order valence-corrected chi connectivity index (χ2v) is 4.45. The van der Waals surface area contributed by atoms with Gasteiger partial charge in [0.2, 0.25) is 0 Å². The van der Waals surface area contributed by atoms with E-state index in [1.54, 1.807) is 0 Å². The second-order valence-electron chi connectivity index (χ2n) is 4.18. The van der Waals surface area contributed by atoms with Crippen LogP contribution in [0, 0.1) is 0 Å². The third-order valence-electron chi connectivity index (χ3n) is 3.09. The van der Waals surface area contributed by atoms with Crippen molar-refractivity contribution in [3.8, 4) is 0 Å². The lowest BCUT2D eigenvalue weighted by Gasteiger charge is -2.15. The van der Waals surface area contributed by atoms with E-state index in [1.807, 2.05) is 19.2 Å². The van der Waals surface area contributed by atoms with Gasteiger partial charge in [0, 0.05) is 12.0 Å². The van der Waals surface area contributed by atoms with Gasteiger partial charge in [0.1, 0.15) is 0 Å². The van der Waals surface area contributed by atoms with Crippen molar-refractivity contribution < 1.29 is 0 Å². The average molecular weight is 299 g/mol. The van der Waals surface area contributed by atoms with Crippen LogP contribution < -0.4 is 11.1 Å².